The highest BCUT2D eigenvalue weighted by atomic mass is 79.9. The van der Waals surface area contributed by atoms with Crippen molar-refractivity contribution in [2.24, 2.45) is 0 Å². The third-order valence-corrected chi connectivity index (χ3v) is 7.01. The fourth-order valence-electron chi connectivity index (χ4n) is 3.75. The first-order valence-electron chi connectivity index (χ1n) is 10.6. The number of nitrogens with zero attached hydrogens (tertiary/aromatic N) is 1. The molecule has 0 heterocycles. The van der Waals surface area contributed by atoms with Crippen molar-refractivity contribution in [2.45, 2.75) is 57.0 Å². The monoisotopic (exact) mass is 506 g/mol. The molecular weight excluding hydrogens is 479 g/mol. The third kappa shape index (κ3) is 7.07. The number of benzene rings is 2. The van der Waals surface area contributed by atoms with E-state index in [1.54, 1.807) is 30.0 Å². The number of hydrogen-bond acceptors (Lipinski definition) is 3. The van der Waals surface area contributed by atoms with Gasteiger partial charge in [0.15, 0.2) is 0 Å². The van der Waals surface area contributed by atoms with Crippen LogP contribution in [0.2, 0.25) is 0 Å². The van der Waals surface area contributed by atoms with Gasteiger partial charge in [0.2, 0.25) is 11.8 Å². The van der Waals surface area contributed by atoms with Crippen molar-refractivity contribution in [3.8, 4) is 0 Å². The average molecular weight is 507 g/mol. The number of carbonyl (C=O) groups excluding carboxylic acids is 2. The molecule has 0 aliphatic heterocycles. The molecule has 2 amide bonds. The summed E-state index contributed by atoms with van der Waals surface area (Å²) >= 11 is 4.83. The van der Waals surface area contributed by atoms with Crippen molar-refractivity contribution in [2.75, 3.05) is 5.75 Å². The van der Waals surface area contributed by atoms with E-state index in [-0.39, 0.29) is 29.4 Å². The summed E-state index contributed by atoms with van der Waals surface area (Å²) in [4.78, 5) is 27.6. The zero-order valence-electron chi connectivity index (χ0n) is 17.7. The van der Waals surface area contributed by atoms with Crippen LogP contribution < -0.4 is 5.32 Å². The van der Waals surface area contributed by atoms with Gasteiger partial charge in [-0.3, -0.25) is 9.59 Å². The van der Waals surface area contributed by atoms with E-state index in [0.29, 0.717) is 17.9 Å². The van der Waals surface area contributed by atoms with E-state index in [2.05, 4.69) is 21.2 Å². The largest absolute Gasteiger partial charge is 0.352 e. The minimum atomic E-state index is -0.582. The highest BCUT2D eigenvalue weighted by molar-refractivity contribution is 9.10. The Hall–Kier alpha value is -1.86. The number of carbonyl (C=O) groups is 2. The molecule has 1 aliphatic carbocycles. The van der Waals surface area contributed by atoms with E-state index in [1.807, 2.05) is 24.3 Å². The summed E-state index contributed by atoms with van der Waals surface area (Å²) in [6, 6.07) is 13.9. The van der Waals surface area contributed by atoms with Crippen LogP contribution in [0.1, 0.15) is 43.7 Å². The molecule has 4 nitrogen and oxygen atoms in total. The summed E-state index contributed by atoms with van der Waals surface area (Å²) in [6.45, 7) is 2.12. The fraction of sp³-hybridized carbons (Fsp3) is 0.417. The van der Waals surface area contributed by atoms with Crippen LogP contribution >= 0.6 is 27.7 Å². The molecule has 1 saturated carbocycles. The Bertz CT molecular complexity index is 905. The van der Waals surface area contributed by atoms with Gasteiger partial charge in [-0.05, 0) is 49.1 Å². The molecule has 0 bridgehead atoms. The lowest BCUT2D eigenvalue weighted by atomic mass is 10.1. The second-order valence-corrected chi connectivity index (χ2v) is 9.80. The van der Waals surface area contributed by atoms with E-state index in [1.165, 1.54) is 17.8 Å². The Balaban J connectivity index is 1.66. The second kappa shape index (κ2) is 11.7. The van der Waals surface area contributed by atoms with Gasteiger partial charge in [0.1, 0.15) is 11.9 Å². The maximum absolute atomic E-state index is 13.9. The number of rotatable bonds is 9. The Labute approximate surface area is 196 Å². The molecule has 1 atom stereocenters. The van der Waals surface area contributed by atoms with Crippen LogP contribution in [0.15, 0.2) is 53.0 Å². The molecule has 0 saturated heterocycles. The lowest BCUT2D eigenvalue weighted by molar-refractivity contribution is -0.138. The molecule has 2 aromatic carbocycles. The first-order chi connectivity index (χ1) is 14.9. The number of hydrogen-bond donors (Lipinski definition) is 1. The van der Waals surface area contributed by atoms with E-state index in [0.717, 1.165) is 35.7 Å². The Morgan fingerprint density at radius 3 is 2.65 bits per heavy atom. The molecule has 166 valence electrons. The lowest BCUT2D eigenvalue weighted by Crippen LogP contribution is -2.50. The van der Waals surface area contributed by atoms with Gasteiger partial charge in [0.25, 0.3) is 0 Å². The fourth-order valence-corrected chi connectivity index (χ4v) is 5.10. The van der Waals surface area contributed by atoms with E-state index in [9.17, 15) is 14.0 Å². The van der Waals surface area contributed by atoms with Gasteiger partial charge in [-0.15, -0.1) is 11.8 Å². The number of halogens is 2. The molecule has 0 radical (unpaired) electrons. The normalized spacial score (nSPS) is 14.9. The zero-order chi connectivity index (χ0) is 22.2. The Kier molecular flexibility index (Phi) is 8.96. The Morgan fingerprint density at radius 2 is 1.94 bits per heavy atom. The van der Waals surface area contributed by atoms with E-state index in [4.69, 9.17) is 0 Å². The first kappa shape index (κ1) is 23.8. The van der Waals surface area contributed by atoms with Crippen LogP contribution in [0.5, 0.6) is 0 Å². The Morgan fingerprint density at radius 1 is 1.19 bits per heavy atom. The van der Waals surface area contributed by atoms with Gasteiger partial charge in [0, 0.05) is 22.8 Å². The molecule has 7 heteroatoms. The quantitative estimate of drug-likeness (QED) is 0.502. The van der Waals surface area contributed by atoms with Crippen molar-refractivity contribution in [1.29, 1.82) is 0 Å². The van der Waals surface area contributed by atoms with Crippen LogP contribution in [-0.4, -0.2) is 34.6 Å². The number of thioether (sulfide) groups is 1. The van der Waals surface area contributed by atoms with Crippen LogP contribution in [0.25, 0.3) is 0 Å². The first-order valence-corrected chi connectivity index (χ1v) is 12.5. The van der Waals surface area contributed by atoms with Crippen LogP contribution in [0.3, 0.4) is 0 Å². The van der Waals surface area contributed by atoms with Gasteiger partial charge in [-0.25, -0.2) is 4.39 Å². The van der Waals surface area contributed by atoms with Crippen molar-refractivity contribution in [1.82, 2.24) is 10.2 Å². The summed E-state index contributed by atoms with van der Waals surface area (Å²) in [7, 11) is 0. The van der Waals surface area contributed by atoms with Gasteiger partial charge < -0.3 is 10.2 Å². The highest BCUT2D eigenvalue weighted by Crippen LogP contribution is 2.21. The molecule has 1 fully saturated rings. The molecule has 3 rings (SSSR count). The number of nitrogens with one attached hydrogen (secondary N) is 1. The summed E-state index contributed by atoms with van der Waals surface area (Å²) in [5, 5.41) is 3.10. The molecule has 0 spiro atoms. The minimum absolute atomic E-state index is 0.116. The van der Waals surface area contributed by atoms with Crippen molar-refractivity contribution < 1.29 is 14.0 Å². The summed E-state index contributed by atoms with van der Waals surface area (Å²) in [6.07, 6.45) is 4.26. The average Bonchev–Trinajstić information content (AvgIpc) is 3.26. The standard InChI is InChI=1S/C24H28BrFN2O2S/c1-17(24(30)27-21-10-3-4-11-21)28(14-18-7-6-9-20(25)13-18)23(29)16-31-15-19-8-2-5-12-22(19)26/h2,5-9,12-13,17,21H,3-4,10-11,14-16H2,1H3,(H,27,30)/t17-/m0/s1. The molecular formula is C24H28BrFN2O2S. The molecule has 1 aliphatic rings. The molecule has 31 heavy (non-hydrogen) atoms. The molecule has 0 unspecified atom stereocenters. The number of amides is 2. The molecule has 0 aromatic heterocycles. The van der Waals surface area contributed by atoms with Gasteiger partial charge >= 0.3 is 0 Å². The van der Waals surface area contributed by atoms with E-state index < -0.39 is 6.04 Å². The summed E-state index contributed by atoms with van der Waals surface area (Å²) in [5.41, 5.74) is 1.52. The summed E-state index contributed by atoms with van der Waals surface area (Å²) < 4.78 is 14.8. The van der Waals surface area contributed by atoms with Gasteiger partial charge in [-0.1, -0.05) is 59.1 Å². The zero-order valence-corrected chi connectivity index (χ0v) is 20.1. The predicted octanol–water partition coefficient (Wildman–Crippen LogP) is 5.30. The van der Waals surface area contributed by atoms with Gasteiger partial charge in [0.05, 0.1) is 5.75 Å². The maximum atomic E-state index is 13.9. The van der Waals surface area contributed by atoms with Crippen molar-refractivity contribution >= 4 is 39.5 Å². The topological polar surface area (TPSA) is 49.4 Å². The predicted molar refractivity (Wildman–Crippen MR) is 127 cm³/mol. The molecule has 2 aromatic rings. The van der Waals surface area contributed by atoms with Crippen LogP contribution in [-0.2, 0) is 21.9 Å². The van der Waals surface area contributed by atoms with Crippen molar-refractivity contribution in [3.05, 3.63) is 69.9 Å². The smallest absolute Gasteiger partial charge is 0.242 e. The van der Waals surface area contributed by atoms with Crippen LogP contribution in [0, 0.1) is 5.82 Å². The van der Waals surface area contributed by atoms with E-state index >= 15 is 0 Å². The SMILES string of the molecule is C[C@@H](C(=O)NC1CCCC1)N(Cc1cccc(Br)c1)C(=O)CSCc1ccccc1F. The minimum Gasteiger partial charge on any atom is -0.352 e. The third-order valence-electron chi connectivity index (χ3n) is 5.55. The maximum Gasteiger partial charge on any atom is 0.242 e. The van der Waals surface area contributed by atoms with Crippen LogP contribution in [0.4, 0.5) is 4.39 Å². The van der Waals surface area contributed by atoms with Gasteiger partial charge in [-0.2, -0.15) is 0 Å². The summed E-state index contributed by atoms with van der Waals surface area (Å²) in [5.74, 6) is 0.0809. The molecule has 1 N–H and O–H groups in total. The second-order valence-electron chi connectivity index (χ2n) is 7.90. The van der Waals surface area contributed by atoms with Crippen molar-refractivity contribution in [3.63, 3.8) is 0 Å². The lowest BCUT2D eigenvalue weighted by Gasteiger charge is -2.29. The highest BCUT2D eigenvalue weighted by Gasteiger charge is 2.28.